The molecule has 0 spiro atoms. The van der Waals surface area contributed by atoms with E-state index in [1.165, 1.54) is 0 Å². The number of halogens is 2. The SMILES string of the molecule is CCN(CC)CC(O)CNCCCNc1cc(-c2ccc(OC)cc2)nc2ccccc12.Cl.Cl. The van der Waals surface area contributed by atoms with Crippen LogP contribution in [-0.4, -0.2) is 67.5 Å². The maximum absolute atomic E-state index is 10.2. The molecule has 188 valence electrons. The fourth-order valence-electron chi connectivity index (χ4n) is 3.78. The predicted molar refractivity (Wildman–Crippen MR) is 148 cm³/mol. The second-order valence-corrected chi connectivity index (χ2v) is 7.92. The van der Waals surface area contributed by atoms with Crippen LogP contribution in [-0.2, 0) is 0 Å². The number of aliphatic hydroxyl groups is 1. The zero-order valence-corrected chi connectivity index (χ0v) is 21.9. The van der Waals surface area contributed by atoms with Crippen molar-refractivity contribution in [2.75, 3.05) is 51.7 Å². The molecule has 1 aromatic heterocycles. The summed E-state index contributed by atoms with van der Waals surface area (Å²) in [7, 11) is 1.67. The van der Waals surface area contributed by atoms with Crippen LogP contribution >= 0.6 is 24.8 Å². The third kappa shape index (κ3) is 8.60. The topological polar surface area (TPSA) is 69.7 Å². The Morgan fingerprint density at radius 1 is 1.00 bits per heavy atom. The van der Waals surface area contributed by atoms with E-state index in [-0.39, 0.29) is 30.9 Å². The highest BCUT2D eigenvalue weighted by Crippen LogP contribution is 2.29. The largest absolute Gasteiger partial charge is 0.497 e. The summed E-state index contributed by atoms with van der Waals surface area (Å²) in [6, 6.07) is 18.3. The van der Waals surface area contributed by atoms with Crippen LogP contribution in [0.3, 0.4) is 0 Å². The van der Waals surface area contributed by atoms with E-state index < -0.39 is 0 Å². The summed E-state index contributed by atoms with van der Waals surface area (Å²) in [6.07, 6.45) is 0.631. The number of hydrogen-bond acceptors (Lipinski definition) is 6. The lowest BCUT2D eigenvalue weighted by Gasteiger charge is -2.22. The number of aliphatic hydroxyl groups excluding tert-OH is 1. The number of benzene rings is 2. The van der Waals surface area contributed by atoms with Gasteiger partial charge < -0.3 is 25.4 Å². The molecule has 0 fully saturated rings. The molecule has 0 radical (unpaired) electrons. The number of ether oxygens (including phenoxy) is 1. The highest BCUT2D eigenvalue weighted by Gasteiger charge is 2.09. The Labute approximate surface area is 215 Å². The lowest BCUT2D eigenvalue weighted by molar-refractivity contribution is 0.117. The Bertz CT molecular complexity index is 969. The molecule has 0 aliphatic rings. The van der Waals surface area contributed by atoms with Crippen LogP contribution < -0.4 is 15.4 Å². The highest BCUT2D eigenvalue weighted by atomic mass is 35.5. The van der Waals surface area contributed by atoms with Crippen molar-refractivity contribution in [3.63, 3.8) is 0 Å². The maximum atomic E-state index is 10.2. The van der Waals surface area contributed by atoms with E-state index in [0.717, 1.165) is 72.7 Å². The highest BCUT2D eigenvalue weighted by molar-refractivity contribution is 5.93. The molecule has 0 bridgehead atoms. The van der Waals surface area contributed by atoms with E-state index in [1.807, 2.05) is 42.5 Å². The minimum atomic E-state index is -0.334. The first kappa shape index (κ1) is 29.9. The van der Waals surface area contributed by atoms with Gasteiger partial charge in [-0.3, -0.25) is 0 Å². The van der Waals surface area contributed by atoms with Crippen LogP contribution in [0.2, 0.25) is 0 Å². The minimum Gasteiger partial charge on any atom is -0.497 e. The van der Waals surface area contributed by atoms with Gasteiger partial charge in [0, 0.05) is 36.3 Å². The Kier molecular flexibility index (Phi) is 13.9. The number of fused-ring (bicyclic) bond motifs is 1. The molecule has 1 unspecified atom stereocenters. The zero-order chi connectivity index (χ0) is 22.8. The van der Waals surface area contributed by atoms with Gasteiger partial charge in [-0.05, 0) is 62.5 Å². The quantitative estimate of drug-likeness (QED) is 0.286. The summed E-state index contributed by atoms with van der Waals surface area (Å²) >= 11 is 0. The molecular weight excluding hydrogens is 471 g/mol. The monoisotopic (exact) mass is 508 g/mol. The first-order valence-corrected chi connectivity index (χ1v) is 11.5. The molecule has 0 aliphatic heterocycles. The summed E-state index contributed by atoms with van der Waals surface area (Å²) in [6.45, 7) is 9.22. The molecule has 3 N–H and O–H groups in total. The van der Waals surface area contributed by atoms with Crippen LogP contribution in [0.4, 0.5) is 5.69 Å². The summed E-state index contributed by atoms with van der Waals surface area (Å²) in [5.74, 6) is 0.836. The maximum Gasteiger partial charge on any atom is 0.118 e. The van der Waals surface area contributed by atoms with Crippen molar-refractivity contribution in [1.82, 2.24) is 15.2 Å². The Balaban J connectivity index is 0.00000289. The molecule has 3 aromatic rings. The molecule has 3 rings (SSSR count). The smallest absolute Gasteiger partial charge is 0.118 e. The third-order valence-corrected chi connectivity index (χ3v) is 5.69. The Morgan fingerprint density at radius 3 is 2.38 bits per heavy atom. The number of para-hydroxylation sites is 1. The van der Waals surface area contributed by atoms with Crippen molar-refractivity contribution in [3.05, 3.63) is 54.6 Å². The number of methoxy groups -OCH3 is 1. The molecule has 8 heteroatoms. The lowest BCUT2D eigenvalue weighted by Crippen LogP contribution is -2.38. The fourth-order valence-corrected chi connectivity index (χ4v) is 3.78. The summed E-state index contributed by atoms with van der Waals surface area (Å²) in [4.78, 5) is 7.09. The number of anilines is 1. The van der Waals surface area contributed by atoms with Crippen LogP contribution in [0.5, 0.6) is 5.75 Å². The zero-order valence-electron chi connectivity index (χ0n) is 20.3. The average Bonchev–Trinajstić information content (AvgIpc) is 2.84. The number of rotatable bonds is 13. The van der Waals surface area contributed by atoms with E-state index in [9.17, 15) is 5.11 Å². The van der Waals surface area contributed by atoms with Crippen molar-refractivity contribution in [2.24, 2.45) is 0 Å². The van der Waals surface area contributed by atoms with Crippen LogP contribution in [0.15, 0.2) is 54.6 Å². The summed E-state index contributed by atoms with van der Waals surface area (Å²) in [5.41, 5.74) is 4.05. The van der Waals surface area contributed by atoms with Gasteiger partial charge in [0.1, 0.15) is 5.75 Å². The third-order valence-electron chi connectivity index (χ3n) is 5.69. The Morgan fingerprint density at radius 2 is 1.71 bits per heavy atom. The number of nitrogens with zero attached hydrogens (tertiary/aromatic N) is 2. The van der Waals surface area contributed by atoms with Gasteiger partial charge in [0.25, 0.3) is 0 Å². The van der Waals surface area contributed by atoms with E-state index >= 15 is 0 Å². The lowest BCUT2D eigenvalue weighted by atomic mass is 10.1. The van der Waals surface area contributed by atoms with Crippen molar-refractivity contribution in [2.45, 2.75) is 26.4 Å². The van der Waals surface area contributed by atoms with Gasteiger partial charge in [-0.25, -0.2) is 4.98 Å². The van der Waals surface area contributed by atoms with Gasteiger partial charge in [0.15, 0.2) is 0 Å². The average molecular weight is 510 g/mol. The predicted octanol–water partition coefficient (Wildman–Crippen LogP) is 4.85. The van der Waals surface area contributed by atoms with E-state index in [1.54, 1.807) is 7.11 Å². The summed E-state index contributed by atoms with van der Waals surface area (Å²) < 4.78 is 5.27. The van der Waals surface area contributed by atoms with Gasteiger partial charge in [-0.2, -0.15) is 0 Å². The van der Waals surface area contributed by atoms with Crippen LogP contribution in [0, 0.1) is 0 Å². The summed E-state index contributed by atoms with van der Waals surface area (Å²) in [5, 5.41) is 18.2. The molecule has 1 atom stereocenters. The van der Waals surface area contributed by atoms with E-state index in [4.69, 9.17) is 9.72 Å². The Hall–Kier alpha value is -2.09. The number of hydrogen-bond donors (Lipinski definition) is 3. The molecule has 34 heavy (non-hydrogen) atoms. The number of pyridine rings is 1. The normalized spacial score (nSPS) is 11.6. The number of nitrogens with one attached hydrogen (secondary N) is 2. The number of aromatic nitrogens is 1. The van der Waals surface area contributed by atoms with Crippen molar-refractivity contribution in [3.8, 4) is 17.0 Å². The second-order valence-electron chi connectivity index (χ2n) is 7.92. The molecule has 0 aliphatic carbocycles. The van der Waals surface area contributed by atoms with Crippen LogP contribution in [0.1, 0.15) is 20.3 Å². The van der Waals surface area contributed by atoms with Crippen molar-refractivity contribution >= 4 is 41.4 Å². The standard InChI is InChI=1S/C26H36N4O2.2ClH/c1-4-30(5-2)19-21(31)18-27-15-8-16-28-26-17-25(20-11-13-22(32-3)14-12-20)29-24-10-7-6-9-23(24)26;;/h6-7,9-14,17,21,27,31H,4-5,8,15-16,18-19H2,1-3H3,(H,28,29);2*1H. The molecular formula is C26H38Cl2N4O2. The van der Waals surface area contributed by atoms with Gasteiger partial charge in [-0.15, -0.1) is 24.8 Å². The van der Waals surface area contributed by atoms with E-state index in [2.05, 4.69) is 41.5 Å². The fraction of sp³-hybridized carbons (Fsp3) is 0.423. The van der Waals surface area contributed by atoms with Gasteiger partial charge in [0.05, 0.1) is 24.4 Å². The van der Waals surface area contributed by atoms with Crippen LogP contribution in [0.25, 0.3) is 22.2 Å². The van der Waals surface area contributed by atoms with Crippen molar-refractivity contribution in [1.29, 1.82) is 0 Å². The van der Waals surface area contributed by atoms with Gasteiger partial charge in [-0.1, -0.05) is 32.0 Å². The van der Waals surface area contributed by atoms with Gasteiger partial charge >= 0.3 is 0 Å². The first-order valence-electron chi connectivity index (χ1n) is 11.5. The molecule has 0 amide bonds. The first-order chi connectivity index (χ1) is 15.6. The molecule has 0 saturated carbocycles. The van der Waals surface area contributed by atoms with E-state index in [0.29, 0.717) is 6.54 Å². The molecule has 6 nitrogen and oxygen atoms in total. The number of likely N-dealkylation sites (N-methyl/N-ethyl adjacent to an activating group) is 1. The van der Waals surface area contributed by atoms with Gasteiger partial charge in [0.2, 0.25) is 0 Å². The minimum absolute atomic E-state index is 0. The molecule has 0 saturated heterocycles. The van der Waals surface area contributed by atoms with Crippen molar-refractivity contribution < 1.29 is 9.84 Å². The second kappa shape index (κ2) is 15.7. The molecule has 2 aromatic carbocycles. The molecule has 1 heterocycles.